The molecule has 1 fully saturated rings. The highest BCUT2D eigenvalue weighted by Crippen LogP contribution is 2.24. The van der Waals surface area contributed by atoms with Crippen molar-refractivity contribution in [3.05, 3.63) is 45.8 Å². The average Bonchev–Trinajstić information content (AvgIpc) is 3.12. The number of carbonyl (C=O) groups is 1. The number of hydrogen-bond donors (Lipinski definition) is 1. The van der Waals surface area contributed by atoms with Gasteiger partial charge in [-0.25, -0.2) is 9.97 Å². The summed E-state index contributed by atoms with van der Waals surface area (Å²) in [6.07, 6.45) is 1.25. The summed E-state index contributed by atoms with van der Waals surface area (Å²) in [6.45, 7) is 8.02. The Bertz CT molecular complexity index is 1020. The molecule has 1 N–H and O–H groups in total. The maximum atomic E-state index is 12.4. The zero-order valence-corrected chi connectivity index (χ0v) is 18.1. The molecular formula is C22H27N5OS. The van der Waals surface area contributed by atoms with Crippen LogP contribution < -0.4 is 10.2 Å². The molecule has 0 atom stereocenters. The third-order valence-electron chi connectivity index (χ3n) is 5.33. The molecule has 1 aliphatic heterocycles. The number of aryl methyl sites for hydroxylation is 3. The van der Waals surface area contributed by atoms with Gasteiger partial charge in [-0.2, -0.15) is 0 Å². The molecule has 0 spiro atoms. The van der Waals surface area contributed by atoms with Crippen LogP contribution in [0.15, 0.2) is 29.6 Å². The molecule has 2 aromatic heterocycles. The van der Waals surface area contributed by atoms with Gasteiger partial charge in [-0.05, 0) is 62.5 Å². The van der Waals surface area contributed by atoms with E-state index in [9.17, 15) is 4.79 Å². The van der Waals surface area contributed by atoms with Crippen molar-refractivity contribution in [1.29, 1.82) is 0 Å². The molecule has 0 radical (unpaired) electrons. The van der Waals surface area contributed by atoms with Gasteiger partial charge in [0.25, 0.3) is 0 Å². The second kappa shape index (κ2) is 8.47. The molecule has 0 unspecified atom stereocenters. The van der Waals surface area contributed by atoms with Crippen LogP contribution in [0.25, 0.3) is 10.9 Å². The van der Waals surface area contributed by atoms with E-state index in [-0.39, 0.29) is 5.91 Å². The lowest BCUT2D eigenvalue weighted by atomic mass is 10.1. The number of nitrogens with one attached hydrogen (secondary N) is 1. The summed E-state index contributed by atoms with van der Waals surface area (Å²) in [7, 11) is 2.14. The summed E-state index contributed by atoms with van der Waals surface area (Å²) in [5, 5.41) is 6.12. The molecule has 6 nitrogen and oxygen atoms in total. The number of aromatic nitrogens is 2. The van der Waals surface area contributed by atoms with Gasteiger partial charge in [0, 0.05) is 48.6 Å². The van der Waals surface area contributed by atoms with Crippen molar-refractivity contribution < 1.29 is 4.79 Å². The largest absolute Gasteiger partial charge is 0.338 e. The number of benzene rings is 1. The van der Waals surface area contributed by atoms with Crippen molar-refractivity contribution in [2.45, 2.75) is 26.7 Å². The lowest BCUT2D eigenvalue weighted by molar-refractivity contribution is -0.116. The zero-order valence-electron chi connectivity index (χ0n) is 17.2. The first kappa shape index (κ1) is 19.8. The van der Waals surface area contributed by atoms with Gasteiger partial charge in [0.15, 0.2) is 0 Å². The van der Waals surface area contributed by atoms with Crippen molar-refractivity contribution in [2.24, 2.45) is 0 Å². The highest BCUT2D eigenvalue weighted by Gasteiger charge is 2.18. The van der Waals surface area contributed by atoms with Crippen molar-refractivity contribution in [1.82, 2.24) is 14.9 Å². The summed E-state index contributed by atoms with van der Waals surface area (Å²) in [5.74, 6) is 0.828. The molecule has 3 aromatic rings. The second-order valence-corrected chi connectivity index (χ2v) is 8.77. The zero-order chi connectivity index (χ0) is 20.4. The van der Waals surface area contributed by atoms with Gasteiger partial charge < -0.3 is 15.1 Å². The topological polar surface area (TPSA) is 61.4 Å². The normalized spacial score (nSPS) is 15.1. The monoisotopic (exact) mass is 409 g/mol. The third kappa shape index (κ3) is 4.74. The van der Waals surface area contributed by atoms with Crippen LogP contribution >= 0.6 is 11.3 Å². The van der Waals surface area contributed by atoms with Crippen LogP contribution in [0.5, 0.6) is 0 Å². The number of fused-ring (bicyclic) bond motifs is 1. The molecule has 7 heteroatoms. The highest BCUT2D eigenvalue weighted by molar-refractivity contribution is 7.10. The summed E-state index contributed by atoms with van der Waals surface area (Å²) in [4.78, 5) is 27.7. The number of piperazine rings is 1. The average molecular weight is 410 g/mol. The Kier molecular flexibility index (Phi) is 5.78. The predicted molar refractivity (Wildman–Crippen MR) is 120 cm³/mol. The number of thiophene rings is 1. The summed E-state index contributed by atoms with van der Waals surface area (Å²) in [5.41, 5.74) is 3.91. The molecule has 1 aliphatic rings. The highest BCUT2D eigenvalue weighted by atomic mass is 32.1. The van der Waals surface area contributed by atoms with E-state index in [1.807, 2.05) is 25.1 Å². The fraction of sp³-hybridized carbons (Fsp3) is 0.409. The minimum Gasteiger partial charge on any atom is -0.338 e. The number of carbonyl (C=O) groups excluding carboxylic acids is 1. The van der Waals surface area contributed by atoms with Crippen LogP contribution in [0, 0.1) is 13.8 Å². The molecule has 0 saturated carbocycles. The second-order valence-electron chi connectivity index (χ2n) is 7.77. The number of anilines is 2. The van der Waals surface area contributed by atoms with E-state index >= 15 is 0 Å². The molecule has 1 aromatic carbocycles. The van der Waals surface area contributed by atoms with Gasteiger partial charge in [-0.3, -0.25) is 4.79 Å². The third-order valence-corrected chi connectivity index (χ3v) is 6.44. The van der Waals surface area contributed by atoms with Crippen molar-refractivity contribution in [3.63, 3.8) is 0 Å². The molecule has 1 saturated heterocycles. The van der Waals surface area contributed by atoms with E-state index in [1.54, 1.807) is 11.3 Å². The van der Waals surface area contributed by atoms with Crippen LogP contribution in [-0.4, -0.2) is 54.0 Å². The van der Waals surface area contributed by atoms with Crippen molar-refractivity contribution >= 4 is 39.8 Å². The Labute approximate surface area is 175 Å². The minimum atomic E-state index is 0.0306. The summed E-state index contributed by atoms with van der Waals surface area (Å²) >= 11 is 1.71. The summed E-state index contributed by atoms with van der Waals surface area (Å²) in [6, 6.07) is 8.02. The van der Waals surface area contributed by atoms with Crippen LogP contribution in [0.1, 0.15) is 22.6 Å². The molecule has 4 rings (SSSR count). The van der Waals surface area contributed by atoms with Gasteiger partial charge in [0.2, 0.25) is 11.9 Å². The van der Waals surface area contributed by atoms with Crippen LogP contribution in [0.3, 0.4) is 0 Å². The number of amides is 1. The van der Waals surface area contributed by atoms with Gasteiger partial charge in [0.05, 0.1) is 11.2 Å². The van der Waals surface area contributed by atoms with E-state index < -0.39 is 0 Å². The standard InChI is InChI=1S/C22H27N5OS/c1-15-12-18(29-14-15)5-7-21(28)24-17-4-6-20-19(13-17)16(2)23-22(25-20)27-10-8-26(3)9-11-27/h4,6,12-14H,5,7-11H2,1-3H3,(H,24,28). The van der Waals surface area contributed by atoms with Gasteiger partial charge >= 0.3 is 0 Å². The van der Waals surface area contributed by atoms with Gasteiger partial charge in [-0.1, -0.05) is 0 Å². The van der Waals surface area contributed by atoms with E-state index in [1.165, 1.54) is 10.4 Å². The van der Waals surface area contributed by atoms with E-state index in [4.69, 9.17) is 9.97 Å². The molecule has 29 heavy (non-hydrogen) atoms. The first-order valence-electron chi connectivity index (χ1n) is 10.0. The van der Waals surface area contributed by atoms with E-state index in [0.717, 1.165) is 60.8 Å². The number of hydrogen-bond acceptors (Lipinski definition) is 6. The first-order chi connectivity index (χ1) is 14.0. The Morgan fingerprint density at radius 2 is 1.93 bits per heavy atom. The quantitative estimate of drug-likeness (QED) is 0.697. The lowest BCUT2D eigenvalue weighted by Crippen LogP contribution is -2.45. The molecule has 152 valence electrons. The van der Waals surface area contributed by atoms with Crippen molar-refractivity contribution in [2.75, 3.05) is 43.4 Å². The Morgan fingerprint density at radius 3 is 2.66 bits per heavy atom. The molecule has 0 aliphatic carbocycles. The van der Waals surface area contributed by atoms with Gasteiger partial charge in [0.1, 0.15) is 0 Å². The fourth-order valence-electron chi connectivity index (χ4n) is 3.57. The van der Waals surface area contributed by atoms with E-state index in [0.29, 0.717) is 6.42 Å². The van der Waals surface area contributed by atoms with E-state index in [2.05, 4.69) is 40.5 Å². The number of rotatable bonds is 5. The number of likely N-dealkylation sites (N-methyl/N-ethyl adjacent to an activating group) is 1. The van der Waals surface area contributed by atoms with Gasteiger partial charge in [-0.15, -0.1) is 11.3 Å². The SMILES string of the molecule is Cc1csc(CCC(=O)Nc2ccc3nc(N4CCN(C)CC4)nc(C)c3c2)c1. The fourth-order valence-corrected chi connectivity index (χ4v) is 4.45. The minimum absolute atomic E-state index is 0.0306. The predicted octanol–water partition coefficient (Wildman–Crippen LogP) is 3.63. The molecule has 3 heterocycles. The van der Waals surface area contributed by atoms with Crippen molar-refractivity contribution in [3.8, 4) is 0 Å². The molecule has 1 amide bonds. The lowest BCUT2D eigenvalue weighted by Gasteiger charge is -2.32. The van der Waals surface area contributed by atoms with Crippen LogP contribution in [-0.2, 0) is 11.2 Å². The Morgan fingerprint density at radius 1 is 1.14 bits per heavy atom. The maximum absolute atomic E-state index is 12.4. The first-order valence-corrected chi connectivity index (χ1v) is 10.9. The smallest absolute Gasteiger partial charge is 0.226 e. The maximum Gasteiger partial charge on any atom is 0.226 e. The summed E-state index contributed by atoms with van der Waals surface area (Å²) < 4.78 is 0. The Balaban J connectivity index is 1.45. The Hall–Kier alpha value is -2.51. The van der Waals surface area contributed by atoms with Crippen LogP contribution in [0.4, 0.5) is 11.6 Å². The van der Waals surface area contributed by atoms with Crippen LogP contribution in [0.2, 0.25) is 0 Å². The molecular weight excluding hydrogens is 382 g/mol. The number of nitrogens with zero attached hydrogens (tertiary/aromatic N) is 4. The molecule has 0 bridgehead atoms.